The first-order valence-corrected chi connectivity index (χ1v) is 3.57. The molecule has 0 bridgehead atoms. The van der Waals surface area contributed by atoms with Crippen molar-refractivity contribution in [1.29, 1.82) is 0 Å². The van der Waals surface area contributed by atoms with E-state index in [2.05, 4.69) is 9.72 Å². The molecule has 0 saturated carbocycles. The van der Waals surface area contributed by atoms with Gasteiger partial charge in [0.1, 0.15) is 11.4 Å². The van der Waals surface area contributed by atoms with E-state index >= 15 is 0 Å². The Balaban J connectivity index is 2.94. The second-order valence-corrected chi connectivity index (χ2v) is 2.45. The molecule has 6 heteroatoms. The van der Waals surface area contributed by atoms with Crippen molar-refractivity contribution in [2.24, 2.45) is 0 Å². The summed E-state index contributed by atoms with van der Waals surface area (Å²) in [6.45, 7) is -2.98. The first-order valence-electron chi connectivity index (χ1n) is 3.19. The molecule has 0 aromatic carbocycles. The lowest BCUT2D eigenvalue weighted by Crippen LogP contribution is -2.04. The van der Waals surface area contributed by atoms with Crippen LogP contribution >= 0.6 is 11.6 Å². The standard InChI is InChI=1S/C7H4ClF2NO2/c8-5-1-4(3-12)2-6(11-5)13-7(9)10/h1-3,7H. The van der Waals surface area contributed by atoms with E-state index in [1.54, 1.807) is 0 Å². The van der Waals surface area contributed by atoms with Crippen molar-refractivity contribution in [3.63, 3.8) is 0 Å². The summed E-state index contributed by atoms with van der Waals surface area (Å²) in [5.74, 6) is -0.371. The number of carbonyl (C=O) groups excluding carboxylic acids is 1. The zero-order chi connectivity index (χ0) is 9.84. The lowest BCUT2D eigenvalue weighted by atomic mass is 10.3. The Morgan fingerprint density at radius 1 is 1.54 bits per heavy atom. The molecule has 0 aliphatic heterocycles. The Kier molecular flexibility index (Phi) is 3.13. The van der Waals surface area contributed by atoms with Gasteiger partial charge in [-0.15, -0.1) is 0 Å². The first kappa shape index (κ1) is 9.85. The Morgan fingerprint density at radius 3 is 2.77 bits per heavy atom. The minimum Gasteiger partial charge on any atom is -0.417 e. The van der Waals surface area contributed by atoms with Crippen molar-refractivity contribution in [2.75, 3.05) is 0 Å². The van der Waals surface area contributed by atoms with Crippen LogP contribution in [0.25, 0.3) is 0 Å². The van der Waals surface area contributed by atoms with Crippen molar-refractivity contribution >= 4 is 17.9 Å². The van der Waals surface area contributed by atoms with E-state index < -0.39 is 6.61 Å². The Bertz CT molecular complexity index is 319. The molecule has 1 rings (SSSR count). The molecule has 0 spiro atoms. The predicted molar refractivity (Wildman–Crippen MR) is 41.3 cm³/mol. The van der Waals surface area contributed by atoms with Crippen LogP contribution in [0.15, 0.2) is 12.1 Å². The van der Waals surface area contributed by atoms with Gasteiger partial charge >= 0.3 is 6.61 Å². The van der Waals surface area contributed by atoms with Gasteiger partial charge in [-0.25, -0.2) is 4.98 Å². The van der Waals surface area contributed by atoms with Crippen molar-refractivity contribution in [3.8, 4) is 5.88 Å². The molecule has 1 aromatic rings. The van der Waals surface area contributed by atoms with Gasteiger partial charge in [0.25, 0.3) is 0 Å². The summed E-state index contributed by atoms with van der Waals surface area (Å²) in [5, 5.41) is -0.0692. The Hall–Kier alpha value is -1.23. The van der Waals surface area contributed by atoms with E-state index in [0.717, 1.165) is 6.07 Å². The SMILES string of the molecule is O=Cc1cc(Cl)nc(OC(F)F)c1. The van der Waals surface area contributed by atoms with Gasteiger partial charge in [0.2, 0.25) is 5.88 Å². The maximum Gasteiger partial charge on any atom is 0.388 e. The number of alkyl halides is 2. The van der Waals surface area contributed by atoms with Gasteiger partial charge in [0.05, 0.1) is 0 Å². The van der Waals surface area contributed by atoms with Crippen LogP contribution in [0.1, 0.15) is 10.4 Å². The molecule has 1 aromatic heterocycles. The van der Waals surface area contributed by atoms with E-state index in [-0.39, 0.29) is 16.6 Å². The predicted octanol–water partition coefficient (Wildman–Crippen LogP) is 2.15. The van der Waals surface area contributed by atoms with Gasteiger partial charge in [-0.1, -0.05) is 11.6 Å². The molecule has 13 heavy (non-hydrogen) atoms. The highest BCUT2D eigenvalue weighted by molar-refractivity contribution is 6.29. The molecular formula is C7H4ClF2NO2. The van der Waals surface area contributed by atoms with Crippen LogP contribution in [0.2, 0.25) is 5.15 Å². The second kappa shape index (κ2) is 4.13. The van der Waals surface area contributed by atoms with Crippen LogP contribution < -0.4 is 4.74 Å². The topological polar surface area (TPSA) is 39.2 Å². The maximum absolute atomic E-state index is 11.7. The van der Waals surface area contributed by atoms with Crippen molar-refractivity contribution < 1.29 is 18.3 Å². The van der Waals surface area contributed by atoms with Gasteiger partial charge in [-0.3, -0.25) is 4.79 Å². The Morgan fingerprint density at radius 2 is 2.23 bits per heavy atom. The third-order valence-electron chi connectivity index (χ3n) is 1.14. The molecule has 1 heterocycles. The highest BCUT2D eigenvalue weighted by atomic mass is 35.5. The van der Waals surface area contributed by atoms with Crippen LogP contribution in [0.5, 0.6) is 5.88 Å². The number of nitrogens with zero attached hydrogens (tertiary/aromatic N) is 1. The number of aromatic nitrogens is 1. The molecule has 0 radical (unpaired) electrons. The largest absolute Gasteiger partial charge is 0.417 e. The summed E-state index contributed by atoms with van der Waals surface area (Å²) in [5.41, 5.74) is 0.135. The number of pyridine rings is 1. The van der Waals surface area contributed by atoms with Crippen molar-refractivity contribution in [1.82, 2.24) is 4.98 Å². The molecule has 0 atom stereocenters. The van der Waals surface area contributed by atoms with Gasteiger partial charge in [-0.05, 0) is 6.07 Å². The minimum atomic E-state index is -2.98. The summed E-state index contributed by atoms with van der Waals surface area (Å²) in [4.78, 5) is 13.7. The lowest BCUT2D eigenvalue weighted by molar-refractivity contribution is -0.0528. The molecule has 70 valence electrons. The van der Waals surface area contributed by atoms with Crippen molar-refractivity contribution in [3.05, 3.63) is 22.8 Å². The van der Waals surface area contributed by atoms with E-state index in [4.69, 9.17) is 11.6 Å². The fourth-order valence-corrected chi connectivity index (χ4v) is 0.921. The van der Waals surface area contributed by atoms with Crippen LogP contribution in [-0.2, 0) is 0 Å². The molecule has 3 nitrogen and oxygen atoms in total. The highest BCUT2D eigenvalue weighted by Gasteiger charge is 2.07. The number of halogens is 3. The average molecular weight is 208 g/mol. The minimum absolute atomic E-state index is 0.0692. The van der Waals surface area contributed by atoms with Gasteiger partial charge in [0, 0.05) is 11.6 Å². The molecule has 0 amide bonds. The Labute approximate surface area is 77.3 Å². The van der Waals surface area contributed by atoms with E-state index in [9.17, 15) is 13.6 Å². The smallest absolute Gasteiger partial charge is 0.388 e. The van der Waals surface area contributed by atoms with Crippen molar-refractivity contribution in [2.45, 2.75) is 6.61 Å². The monoisotopic (exact) mass is 207 g/mol. The number of carbonyl (C=O) groups is 1. The summed E-state index contributed by atoms with van der Waals surface area (Å²) < 4.78 is 27.3. The normalized spacial score (nSPS) is 10.2. The molecule has 0 fully saturated rings. The van der Waals surface area contributed by atoms with Gasteiger partial charge in [-0.2, -0.15) is 8.78 Å². The van der Waals surface area contributed by atoms with E-state index in [1.807, 2.05) is 0 Å². The van der Waals surface area contributed by atoms with Gasteiger partial charge < -0.3 is 4.74 Å². The first-order chi connectivity index (χ1) is 6.11. The molecular weight excluding hydrogens is 204 g/mol. The molecule has 0 aliphatic rings. The number of hydrogen-bond acceptors (Lipinski definition) is 3. The molecule has 0 N–H and O–H groups in total. The molecule has 0 aliphatic carbocycles. The highest BCUT2D eigenvalue weighted by Crippen LogP contribution is 2.16. The van der Waals surface area contributed by atoms with E-state index in [1.165, 1.54) is 6.07 Å². The van der Waals surface area contributed by atoms with Crippen LogP contribution in [0.4, 0.5) is 8.78 Å². The maximum atomic E-state index is 11.7. The number of aldehydes is 1. The summed E-state index contributed by atoms with van der Waals surface area (Å²) in [6, 6.07) is 2.32. The van der Waals surface area contributed by atoms with E-state index in [0.29, 0.717) is 6.29 Å². The van der Waals surface area contributed by atoms with Crippen LogP contribution in [-0.4, -0.2) is 17.9 Å². The lowest BCUT2D eigenvalue weighted by Gasteiger charge is -2.03. The number of ether oxygens (including phenoxy) is 1. The van der Waals surface area contributed by atoms with Gasteiger partial charge in [0.15, 0.2) is 0 Å². The molecule has 0 saturated heterocycles. The third-order valence-corrected chi connectivity index (χ3v) is 1.33. The number of hydrogen-bond donors (Lipinski definition) is 0. The quantitative estimate of drug-likeness (QED) is 0.563. The summed E-state index contributed by atoms with van der Waals surface area (Å²) in [6.07, 6.45) is 0.464. The fraction of sp³-hybridized carbons (Fsp3) is 0.143. The second-order valence-electron chi connectivity index (χ2n) is 2.06. The average Bonchev–Trinajstić information content (AvgIpc) is 2.01. The summed E-state index contributed by atoms with van der Waals surface area (Å²) >= 11 is 5.42. The van der Waals surface area contributed by atoms with Crippen LogP contribution in [0, 0.1) is 0 Å². The molecule has 0 unspecified atom stereocenters. The zero-order valence-corrected chi connectivity index (χ0v) is 6.96. The summed E-state index contributed by atoms with van der Waals surface area (Å²) in [7, 11) is 0. The zero-order valence-electron chi connectivity index (χ0n) is 6.21. The fourth-order valence-electron chi connectivity index (χ4n) is 0.711. The van der Waals surface area contributed by atoms with Crippen LogP contribution in [0.3, 0.4) is 0 Å². The third kappa shape index (κ3) is 2.95. The number of rotatable bonds is 3.